The molecule has 0 radical (unpaired) electrons. The molecule has 1 fully saturated rings. The Balaban J connectivity index is 1.85. The Hall–Kier alpha value is -0.340. The van der Waals surface area contributed by atoms with E-state index in [1.165, 1.54) is 32.1 Å². The third-order valence-corrected chi connectivity index (χ3v) is 2.75. The van der Waals surface area contributed by atoms with Crippen molar-refractivity contribution in [3.05, 3.63) is 12.7 Å². The van der Waals surface area contributed by atoms with Crippen LogP contribution in [0.3, 0.4) is 0 Å². The van der Waals surface area contributed by atoms with E-state index in [0.717, 1.165) is 32.2 Å². The van der Waals surface area contributed by atoms with Crippen LogP contribution in [-0.2, 0) is 4.74 Å². The van der Waals surface area contributed by atoms with Crippen LogP contribution in [0, 0.1) is 0 Å². The largest absolute Gasteiger partial charge is 0.380 e. The van der Waals surface area contributed by atoms with Crippen LogP contribution in [0.15, 0.2) is 12.7 Å². The second-order valence-corrected chi connectivity index (χ2v) is 3.98. The molecule has 0 aliphatic heterocycles. The predicted octanol–water partition coefficient (Wildman–Crippen LogP) is 2.50. The molecule has 2 nitrogen and oxygen atoms in total. The molecule has 0 aromatic heterocycles. The zero-order chi connectivity index (χ0) is 10.1. The normalized spacial score (nSPS) is 18.3. The number of hydrogen-bond acceptors (Lipinski definition) is 2. The smallest absolute Gasteiger partial charge is 0.0591 e. The molecule has 0 saturated heterocycles. The van der Waals surface area contributed by atoms with Gasteiger partial charge in [-0.25, -0.2) is 0 Å². The Morgan fingerprint density at radius 3 is 2.71 bits per heavy atom. The van der Waals surface area contributed by atoms with Gasteiger partial charge in [-0.1, -0.05) is 25.3 Å². The molecule has 0 heterocycles. The van der Waals surface area contributed by atoms with Gasteiger partial charge < -0.3 is 10.1 Å². The Labute approximate surface area is 87.7 Å². The maximum absolute atomic E-state index is 5.43. The molecule has 1 aliphatic rings. The Morgan fingerprint density at radius 1 is 1.21 bits per heavy atom. The fourth-order valence-corrected chi connectivity index (χ4v) is 1.91. The average molecular weight is 197 g/mol. The van der Waals surface area contributed by atoms with Crippen LogP contribution < -0.4 is 5.32 Å². The summed E-state index contributed by atoms with van der Waals surface area (Å²) in [6, 6.07) is 0.756. The molecule has 0 aromatic rings. The Morgan fingerprint density at radius 2 is 2.00 bits per heavy atom. The quantitative estimate of drug-likeness (QED) is 0.500. The van der Waals surface area contributed by atoms with Crippen LogP contribution in [0.4, 0.5) is 0 Å². The first-order chi connectivity index (χ1) is 6.93. The summed E-state index contributed by atoms with van der Waals surface area (Å²) < 4.78 is 5.43. The van der Waals surface area contributed by atoms with Crippen molar-refractivity contribution in [3.63, 3.8) is 0 Å². The SMILES string of the molecule is C=CCCOCCNC1CCCCC1. The van der Waals surface area contributed by atoms with E-state index < -0.39 is 0 Å². The monoisotopic (exact) mass is 197 g/mol. The molecule has 82 valence electrons. The summed E-state index contributed by atoms with van der Waals surface area (Å²) in [4.78, 5) is 0. The lowest BCUT2D eigenvalue weighted by Crippen LogP contribution is -2.33. The van der Waals surface area contributed by atoms with Crippen LogP contribution in [0.25, 0.3) is 0 Å². The van der Waals surface area contributed by atoms with Crippen molar-refractivity contribution < 1.29 is 4.74 Å². The zero-order valence-electron chi connectivity index (χ0n) is 9.13. The van der Waals surface area contributed by atoms with E-state index in [1.54, 1.807) is 0 Å². The molecule has 0 unspecified atom stereocenters. The van der Waals surface area contributed by atoms with Gasteiger partial charge >= 0.3 is 0 Å². The zero-order valence-corrected chi connectivity index (χ0v) is 9.13. The summed E-state index contributed by atoms with van der Waals surface area (Å²) in [5.74, 6) is 0. The first kappa shape index (κ1) is 11.7. The van der Waals surface area contributed by atoms with Crippen molar-refractivity contribution in [1.82, 2.24) is 5.32 Å². The molecular formula is C12H23NO. The van der Waals surface area contributed by atoms with Crippen LogP contribution in [0.5, 0.6) is 0 Å². The molecule has 2 heteroatoms. The summed E-state index contributed by atoms with van der Waals surface area (Å²) in [5.41, 5.74) is 0. The van der Waals surface area contributed by atoms with E-state index in [0.29, 0.717) is 0 Å². The van der Waals surface area contributed by atoms with Gasteiger partial charge in [0.1, 0.15) is 0 Å². The minimum absolute atomic E-state index is 0.756. The van der Waals surface area contributed by atoms with Gasteiger partial charge in [0.25, 0.3) is 0 Å². The van der Waals surface area contributed by atoms with Crippen molar-refractivity contribution in [3.8, 4) is 0 Å². The number of ether oxygens (including phenoxy) is 1. The molecule has 0 amide bonds. The molecule has 0 atom stereocenters. The first-order valence-electron chi connectivity index (χ1n) is 5.85. The maximum Gasteiger partial charge on any atom is 0.0591 e. The average Bonchev–Trinajstić information content (AvgIpc) is 2.25. The highest BCUT2D eigenvalue weighted by Gasteiger charge is 2.11. The van der Waals surface area contributed by atoms with Gasteiger partial charge in [-0.2, -0.15) is 0 Å². The topological polar surface area (TPSA) is 21.3 Å². The van der Waals surface area contributed by atoms with E-state index in [4.69, 9.17) is 4.74 Å². The predicted molar refractivity (Wildman–Crippen MR) is 60.5 cm³/mol. The van der Waals surface area contributed by atoms with Gasteiger partial charge in [0, 0.05) is 12.6 Å². The maximum atomic E-state index is 5.43. The molecule has 0 spiro atoms. The number of rotatable bonds is 7. The minimum atomic E-state index is 0.756. The van der Waals surface area contributed by atoms with Gasteiger partial charge in [0.15, 0.2) is 0 Å². The van der Waals surface area contributed by atoms with Gasteiger partial charge in [0.05, 0.1) is 13.2 Å². The third-order valence-electron chi connectivity index (χ3n) is 2.75. The Kier molecular flexibility index (Phi) is 6.71. The molecule has 1 N–H and O–H groups in total. The van der Waals surface area contributed by atoms with Crippen LogP contribution in [-0.4, -0.2) is 25.8 Å². The van der Waals surface area contributed by atoms with Crippen molar-refractivity contribution in [2.75, 3.05) is 19.8 Å². The highest BCUT2D eigenvalue weighted by atomic mass is 16.5. The summed E-state index contributed by atoms with van der Waals surface area (Å²) in [6.07, 6.45) is 9.79. The highest BCUT2D eigenvalue weighted by molar-refractivity contribution is 4.71. The van der Waals surface area contributed by atoms with E-state index in [9.17, 15) is 0 Å². The van der Waals surface area contributed by atoms with Gasteiger partial charge in [0.2, 0.25) is 0 Å². The molecule has 0 bridgehead atoms. The third kappa shape index (κ3) is 5.40. The highest BCUT2D eigenvalue weighted by Crippen LogP contribution is 2.16. The van der Waals surface area contributed by atoms with Crippen LogP contribution in [0.2, 0.25) is 0 Å². The Bertz CT molecular complexity index is 141. The van der Waals surface area contributed by atoms with Crippen LogP contribution in [0.1, 0.15) is 38.5 Å². The van der Waals surface area contributed by atoms with Crippen molar-refractivity contribution in [1.29, 1.82) is 0 Å². The minimum Gasteiger partial charge on any atom is -0.380 e. The van der Waals surface area contributed by atoms with Crippen molar-refractivity contribution in [2.24, 2.45) is 0 Å². The second-order valence-electron chi connectivity index (χ2n) is 3.98. The van der Waals surface area contributed by atoms with E-state index in [1.807, 2.05) is 6.08 Å². The lowest BCUT2D eigenvalue weighted by Gasteiger charge is -2.22. The molecule has 0 aromatic carbocycles. The van der Waals surface area contributed by atoms with Gasteiger partial charge in [-0.3, -0.25) is 0 Å². The van der Waals surface area contributed by atoms with Crippen LogP contribution >= 0.6 is 0 Å². The first-order valence-corrected chi connectivity index (χ1v) is 5.85. The van der Waals surface area contributed by atoms with Gasteiger partial charge in [-0.05, 0) is 19.3 Å². The summed E-state index contributed by atoms with van der Waals surface area (Å²) in [5, 5.41) is 3.55. The number of hydrogen-bond donors (Lipinski definition) is 1. The number of nitrogens with one attached hydrogen (secondary N) is 1. The lowest BCUT2D eigenvalue weighted by molar-refractivity contribution is 0.136. The fourth-order valence-electron chi connectivity index (χ4n) is 1.91. The van der Waals surface area contributed by atoms with Crippen molar-refractivity contribution in [2.45, 2.75) is 44.6 Å². The standard InChI is InChI=1S/C12H23NO/c1-2-3-10-14-11-9-13-12-7-5-4-6-8-12/h2,12-13H,1,3-11H2. The molecule has 14 heavy (non-hydrogen) atoms. The summed E-state index contributed by atoms with van der Waals surface area (Å²) in [6.45, 7) is 6.31. The molecular weight excluding hydrogens is 174 g/mol. The van der Waals surface area contributed by atoms with Gasteiger partial charge in [-0.15, -0.1) is 6.58 Å². The van der Waals surface area contributed by atoms with E-state index in [2.05, 4.69) is 11.9 Å². The summed E-state index contributed by atoms with van der Waals surface area (Å²) in [7, 11) is 0. The van der Waals surface area contributed by atoms with E-state index in [-0.39, 0.29) is 0 Å². The van der Waals surface area contributed by atoms with Crippen molar-refractivity contribution >= 4 is 0 Å². The lowest BCUT2D eigenvalue weighted by atomic mass is 9.96. The van der Waals surface area contributed by atoms with E-state index >= 15 is 0 Å². The second kappa shape index (κ2) is 8.01. The molecule has 1 rings (SSSR count). The fraction of sp³-hybridized carbons (Fsp3) is 0.833. The summed E-state index contributed by atoms with van der Waals surface area (Å²) >= 11 is 0. The molecule has 1 saturated carbocycles. The molecule has 1 aliphatic carbocycles.